The predicted molar refractivity (Wildman–Crippen MR) is 117 cm³/mol. The van der Waals surface area contributed by atoms with Gasteiger partial charge >= 0.3 is 0 Å². The lowest BCUT2D eigenvalue weighted by Crippen LogP contribution is -1.95. The second kappa shape index (κ2) is 6.82. The Morgan fingerprint density at radius 1 is 0.692 bits per heavy atom. The molecule has 0 heterocycles. The SMILES string of the molecule is CCCP(C1=Cc2c(C)ccc(C)c2C1)C1=Cc2c(C)ccc(C)c2C1. The minimum absolute atomic E-state index is 0.183. The molecule has 0 amide bonds. The number of allylic oxidation sites excluding steroid dienone is 2. The van der Waals surface area contributed by atoms with E-state index in [2.05, 4.69) is 71.0 Å². The number of rotatable bonds is 4. The van der Waals surface area contributed by atoms with Crippen molar-refractivity contribution in [3.05, 3.63) is 79.4 Å². The Morgan fingerprint density at radius 3 is 1.50 bits per heavy atom. The zero-order chi connectivity index (χ0) is 18.4. The topological polar surface area (TPSA) is 0 Å². The summed E-state index contributed by atoms with van der Waals surface area (Å²) in [7, 11) is -0.183. The lowest BCUT2D eigenvalue weighted by atomic mass is 10.00. The smallest absolute Gasteiger partial charge is 0.000930 e. The normalized spacial score (nSPS) is 15.2. The molecule has 1 heteroatoms. The third kappa shape index (κ3) is 2.89. The Labute approximate surface area is 159 Å². The highest BCUT2D eigenvalue weighted by Gasteiger charge is 2.28. The molecule has 0 aliphatic heterocycles. The van der Waals surface area contributed by atoms with Gasteiger partial charge in [0.2, 0.25) is 0 Å². The molecule has 0 atom stereocenters. The van der Waals surface area contributed by atoms with Crippen LogP contribution >= 0.6 is 7.92 Å². The van der Waals surface area contributed by atoms with E-state index < -0.39 is 0 Å². The van der Waals surface area contributed by atoms with Gasteiger partial charge < -0.3 is 0 Å². The maximum atomic E-state index is 2.54. The van der Waals surface area contributed by atoms with Crippen LogP contribution in [0.3, 0.4) is 0 Å². The van der Waals surface area contributed by atoms with Crippen LogP contribution in [0, 0.1) is 27.7 Å². The molecule has 134 valence electrons. The third-order valence-electron chi connectivity index (χ3n) is 6.10. The molecule has 0 bridgehead atoms. The highest BCUT2D eigenvalue weighted by Crippen LogP contribution is 2.60. The molecule has 26 heavy (non-hydrogen) atoms. The minimum atomic E-state index is -0.183. The predicted octanol–water partition coefficient (Wildman–Crippen LogP) is 7.31. The summed E-state index contributed by atoms with van der Waals surface area (Å²) in [6.45, 7) is 11.4. The molecule has 2 aliphatic rings. The molecule has 0 unspecified atom stereocenters. The molecule has 0 radical (unpaired) electrons. The van der Waals surface area contributed by atoms with Crippen molar-refractivity contribution in [2.24, 2.45) is 0 Å². The fourth-order valence-electron chi connectivity index (χ4n) is 4.49. The van der Waals surface area contributed by atoms with Crippen molar-refractivity contribution in [1.29, 1.82) is 0 Å². The summed E-state index contributed by atoms with van der Waals surface area (Å²) in [6.07, 6.45) is 10.0. The molecular formula is C25H29P. The standard InChI is InChI=1S/C25H29P/c1-6-11-26(20-12-22-16(2)7-8-17(3)23(22)13-20)21-14-24-18(4)9-10-19(5)25(24)15-21/h7-10,12,14H,6,11,13,15H2,1-5H3. The van der Waals surface area contributed by atoms with Crippen LogP contribution in [-0.2, 0) is 12.8 Å². The second-order valence-corrected chi connectivity index (χ2v) is 10.4. The van der Waals surface area contributed by atoms with Crippen LogP contribution in [0.25, 0.3) is 12.2 Å². The average molecular weight is 360 g/mol. The molecule has 0 fully saturated rings. The van der Waals surface area contributed by atoms with Crippen molar-refractivity contribution in [3.8, 4) is 0 Å². The van der Waals surface area contributed by atoms with Crippen molar-refractivity contribution < 1.29 is 0 Å². The number of hydrogen-bond acceptors (Lipinski definition) is 0. The fraction of sp³-hybridized carbons (Fsp3) is 0.360. The molecule has 0 N–H and O–H groups in total. The van der Waals surface area contributed by atoms with E-state index in [0.717, 1.165) is 0 Å². The number of hydrogen-bond donors (Lipinski definition) is 0. The van der Waals surface area contributed by atoms with Crippen LogP contribution in [0.1, 0.15) is 57.9 Å². The summed E-state index contributed by atoms with van der Waals surface area (Å²) in [5.41, 5.74) is 11.9. The van der Waals surface area contributed by atoms with Crippen molar-refractivity contribution in [2.75, 3.05) is 6.16 Å². The van der Waals surface area contributed by atoms with Crippen LogP contribution < -0.4 is 0 Å². The van der Waals surface area contributed by atoms with Gasteiger partial charge in [0.1, 0.15) is 0 Å². The van der Waals surface area contributed by atoms with Crippen LogP contribution in [0.4, 0.5) is 0 Å². The first-order valence-electron chi connectivity index (χ1n) is 9.86. The van der Waals surface area contributed by atoms with E-state index in [9.17, 15) is 0 Å². The minimum Gasteiger partial charge on any atom is -0.0650 e. The van der Waals surface area contributed by atoms with E-state index in [0.29, 0.717) is 0 Å². The van der Waals surface area contributed by atoms with Crippen molar-refractivity contribution >= 4 is 20.1 Å². The van der Waals surface area contributed by atoms with Gasteiger partial charge in [0.05, 0.1) is 0 Å². The maximum absolute atomic E-state index is 2.54. The van der Waals surface area contributed by atoms with E-state index >= 15 is 0 Å². The largest absolute Gasteiger partial charge is 0.0650 e. The highest BCUT2D eigenvalue weighted by atomic mass is 31.1. The van der Waals surface area contributed by atoms with Crippen molar-refractivity contribution in [1.82, 2.24) is 0 Å². The van der Waals surface area contributed by atoms with Gasteiger partial charge in [-0.25, -0.2) is 0 Å². The number of fused-ring (bicyclic) bond motifs is 2. The van der Waals surface area contributed by atoms with E-state index in [1.54, 1.807) is 21.8 Å². The van der Waals surface area contributed by atoms with E-state index in [-0.39, 0.29) is 7.92 Å². The van der Waals surface area contributed by atoms with Crippen LogP contribution in [0.2, 0.25) is 0 Å². The molecule has 0 saturated carbocycles. The summed E-state index contributed by atoms with van der Waals surface area (Å²) >= 11 is 0. The first-order valence-corrected chi connectivity index (χ1v) is 11.4. The van der Waals surface area contributed by atoms with Crippen LogP contribution in [-0.4, -0.2) is 6.16 Å². The molecule has 0 spiro atoms. The first kappa shape index (κ1) is 17.7. The van der Waals surface area contributed by atoms with Gasteiger partial charge in [-0.05, 0) is 102 Å². The van der Waals surface area contributed by atoms with E-state index in [1.165, 1.54) is 58.8 Å². The van der Waals surface area contributed by atoms with E-state index in [4.69, 9.17) is 0 Å². The van der Waals surface area contributed by atoms with Crippen LogP contribution in [0.15, 0.2) is 34.9 Å². The fourth-order valence-corrected chi connectivity index (χ4v) is 7.15. The Bertz CT molecular complexity index is 868. The molecule has 2 aliphatic carbocycles. The summed E-state index contributed by atoms with van der Waals surface area (Å²) < 4.78 is 0. The Morgan fingerprint density at radius 2 is 1.12 bits per heavy atom. The third-order valence-corrected chi connectivity index (χ3v) is 8.95. The lowest BCUT2D eigenvalue weighted by Gasteiger charge is -2.20. The highest BCUT2D eigenvalue weighted by molar-refractivity contribution is 7.66. The summed E-state index contributed by atoms with van der Waals surface area (Å²) in [5, 5.41) is 3.40. The van der Waals surface area contributed by atoms with Gasteiger partial charge in [-0.1, -0.05) is 57.7 Å². The Balaban J connectivity index is 1.71. The Kier molecular flexibility index (Phi) is 4.66. The van der Waals surface area contributed by atoms with Gasteiger partial charge in [-0.2, -0.15) is 0 Å². The van der Waals surface area contributed by atoms with Gasteiger partial charge in [0, 0.05) is 0 Å². The summed E-state index contributed by atoms with van der Waals surface area (Å²) in [6, 6.07) is 9.16. The Hall–Kier alpha value is -1.65. The van der Waals surface area contributed by atoms with Crippen LogP contribution in [0.5, 0.6) is 0 Å². The van der Waals surface area contributed by atoms with E-state index in [1.807, 2.05) is 0 Å². The molecule has 0 nitrogen and oxygen atoms in total. The second-order valence-electron chi connectivity index (χ2n) is 7.96. The van der Waals surface area contributed by atoms with Gasteiger partial charge in [0.25, 0.3) is 0 Å². The molecule has 2 aromatic carbocycles. The molecule has 2 aromatic rings. The lowest BCUT2D eigenvalue weighted by molar-refractivity contribution is 1.09. The first-order chi connectivity index (χ1) is 12.5. The van der Waals surface area contributed by atoms with Gasteiger partial charge in [-0.3, -0.25) is 0 Å². The monoisotopic (exact) mass is 360 g/mol. The average Bonchev–Trinajstić information content (AvgIpc) is 3.25. The van der Waals surface area contributed by atoms with Gasteiger partial charge in [0.15, 0.2) is 0 Å². The number of aryl methyl sites for hydroxylation is 4. The van der Waals surface area contributed by atoms with Crippen molar-refractivity contribution in [2.45, 2.75) is 53.9 Å². The molecular weight excluding hydrogens is 331 g/mol. The number of benzene rings is 2. The zero-order valence-corrected chi connectivity index (χ0v) is 17.6. The van der Waals surface area contributed by atoms with Gasteiger partial charge in [-0.15, -0.1) is 0 Å². The molecule has 0 saturated heterocycles. The molecule has 0 aromatic heterocycles. The zero-order valence-electron chi connectivity index (χ0n) is 16.7. The maximum Gasteiger partial charge on any atom is -0.000930 e. The summed E-state index contributed by atoms with van der Waals surface area (Å²) in [4.78, 5) is 0. The molecule has 4 rings (SSSR count). The summed E-state index contributed by atoms with van der Waals surface area (Å²) in [5.74, 6) is 0. The van der Waals surface area contributed by atoms with Crippen molar-refractivity contribution in [3.63, 3.8) is 0 Å². The quantitative estimate of drug-likeness (QED) is 0.502.